The smallest absolute Gasteiger partial charge is 0.174 e. The third-order valence-electron chi connectivity index (χ3n) is 1.75. The lowest BCUT2D eigenvalue weighted by Crippen LogP contribution is -2.14. The van der Waals surface area contributed by atoms with Gasteiger partial charge in [-0.15, -0.1) is 0 Å². The Morgan fingerprint density at radius 1 is 0.714 bits per heavy atom. The molecule has 0 rings (SSSR count). The maximum atomic E-state index is 11.2. The molecule has 0 unspecified atom stereocenters. The summed E-state index contributed by atoms with van der Waals surface area (Å²) >= 11 is 0. The molecule has 0 radical (unpaired) electrons. The van der Waals surface area contributed by atoms with Crippen molar-refractivity contribution in [3.05, 3.63) is 10.8 Å². The Kier molecular flexibility index (Phi) is 4.33. The monoisotopic (exact) mass is 240 g/mol. The SMILES string of the molecule is CC(C)S(=O)(=O)/C=C/S(=O)(=O)C(C)C. The highest BCUT2D eigenvalue weighted by molar-refractivity contribution is 7.98. The second-order valence-corrected chi connectivity index (χ2v) is 8.33. The molecule has 14 heavy (non-hydrogen) atoms. The van der Waals surface area contributed by atoms with Crippen molar-refractivity contribution in [2.75, 3.05) is 0 Å². The fourth-order valence-corrected chi connectivity index (χ4v) is 2.34. The van der Waals surface area contributed by atoms with E-state index in [0.29, 0.717) is 0 Å². The summed E-state index contributed by atoms with van der Waals surface area (Å²) in [6.07, 6.45) is 0. The Morgan fingerprint density at radius 3 is 1.07 bits per heavy atom. The van der Waals surface area contributed by atoms with Gasteiger partial charge in [0.05, 0.1) is 10.5 Å². The van der Waals surface area contributed by atoms with Crippen molar-refractivity contribution in [1.29, 1.82) is 0 Å². The minimum absolute atomic E-state index is 0.596. The Balaban J connectivity index is 4.98. The van der Waals surface area contributed by atoms with Gasteiger partial charge in [-0.25, -0.2) is 16.8 Å². The summed E-state index contributed by atoms with van der Waals surface area (Å²) in [4.78, 5) is 0. The van der Waals surface area contributed by atoms with Gasteiger partial charge in [-0.1, -0.05) is 0 Å². The average Bonchev–Trinajstić information content (AvgIpc) is 2.01. The zero-order chi connectivity index (χ0) is 11.6. The third kappa shape index (κ3) is 3.79. The molecule has 6 heteroatoms. The van der Waals surface area contributed by atoms with Crippen molar-refractivity contribution in [3.8, 4) is 0 Å². The van der Waals surface area contributed by atoms with Crippen LogP contribution in [0, 0.1) is 0 Å². The lowest BCUT2D eigenvalue weighted by Gasteiger charge is -2.03. The summed E-state index contributed by atoms with van der Waals surface area (Å²) in [5.41, 5.74) is 0. The molecular weight excluding hydrogens is 224 g/mol. The van der Waals surface area contributed by atoms with E-state index in [1.165, 1.54) is 27.7 Å². The first-order chi connectivity index (χ1) is 6.09. The van der Waals surface area contributed by atoms with E-state index < -0.39 is 30.2 Å². The lowest BCUT2D eigenvalue weighted by molar-refractivity contribution is 0.592. The van der Waals surface area contributed by atoms with Crippen LogP contribution in [0.2, 0.25) is 0 Å². The molecule has 0 saturated heterocycles. The van der Waals surface area contributed by atoms with E-state index in [2.05, 4.69) is 0 Å². The molecule has 0 heterocycles. The normalized spacial score (nSPS) is 14.4. The minimum Gasteiger partial charge on any atom is -0.224 e. The summed E-state index contributed by atoms with van der Waals surface area (Å²) in [5, 5.41) is 0.349. The number of sulfone groups is 2. The molecule has 0 bridgehead atoms. The van der Waals surface area contributed by atoms with E-state index in [4.69, 9.17) is 0 Å². The molecule has 0 amide bonds. The van der Waals surface area contributed by atoms with Crippen LogP contribution >= 0.6 is 0 Å². The number of hydrogen-bond donors (Lipinski definition) is 0. The van der Waals surface area contributed by atoms with Crippen LogP contribution in [0.25, 0.3) is 0 Å². The molecule has 0 aliphatic heterocycles. The second-order valence-electron chi connectivity index (χ2n) is 3.55. The average molecular weight is 240 g/mol. The third-order valence-corrected chi connectivity index (χ3v) is 5.58. The maximum absolute atomic E-state index is 11.2. The standard InChI is InChI=1S/C8H16O4S2/c1-7(2)13(9,10)5-6-14(11,12)8(3)4/h5-8H,1-4H3/b6-5+. The van der Waals surface area contributed by atoms with E-state index in [0.717, 1.165) is 10.8 Å². The molecule has 0 aromatic carbocycles. The molecule has 0 atom stereocenters. The summed E-state index contributed by atoms with van der Waals surface area (Å²) in [6, 6.07) is 0. The van der Waals surface area contributed by atoms with Gasteiger partial charge in [0, 0.05) is 10.8 Å². The van der Waals surface area contributed by atoms with Crippen molar-refractivity contribution >= 4 is 19.7 Å². The van der Waals surface area contributed by atoms with Crippen LogP contribution < -0.4 is 0 Å². The Bertz CT molecular complexity index is 359. The molecule has 0 aliphatic rings. The summed E-state index contributed by atoms with van der Waals surface area (Å²) in [5.74, 6) is 0. The Morgan fingerprint density at radius 2 is 0.929 bits per heavy atom. The fourth-order valence-electron chi connectivity index (χ4n) is 0.469. The molecule has 0 N–H and O–H groups in total. The number of rotatable bonds is 4. The van der Waals surface area contributed by atoms with Crippen molar-refractivity contribution in [3.63, 3.8) is 0 Å². The quantitative estimate of drug-likeness (QED) is 0.738. The first-order valence-electron chi connectivity index (χ1n) is 4.25. The second kappa shape index (κ2) is 4.44. The van der Waals surface area contributed by atoms with E-state index in [-0.39, 0.29) is 0 Å². The van der Waals surface area contributed by atoms with E-state index in [9.17, 15) is 16.8 Å². The largest absolute Gasteiger partial charge is 0.224 e. The van der Waals surface area contributed by atoms with Crippen molar-refractivity contribution < 1.29 is 16.8 Å². The van der Waals surface area contributed by atoms with Crippen LogP contribution in [0.15, 0.2) is 10.8 Å². The van der Waals surface area contributed by atoms with E-state index in [1.807, 2.05) is 0 Å². The van der Waals surface area contributed by atoms with Gasteiger partial charge < -0.3 is 0 Å². The van der Waals surface area contributed by atoms with Crippen LogP contribution in [-0.2, 0) is 19.7 Å². The molecular formula is C8H16O4S2. The molecule has 4 nitrogen and oxygen atoms in total. The summed E-state index contributed by atoms with van der Waals surface area (Å²) in [6.45, 7) is 6.01. The highest BCUT2D eigenvalue weighted by atomic mass is 32.2. The Labute approximate surface area is 85.9 Å². The van der Waals surface area contributed by atoms with Crippen molar-refractivity contribution in [2.24, 2.45) is 0 Å². The van der Waals surface area contributed by atoms with Gasteiger partial charge in [0.2, 0.25) is 0 Å². The topological polar surface area (TPSA) is 68.3 Å². The van der Waals surface area contributed by atoms with Crippen LogP contribution in [0.5, 0.6) is 0 Å². The molecule has 0 aliphatic carbocycles. The van der Waals surface area contributed by atoms with Crippen LogP contribution in [0.3, 0.4) is 0 Å². The van der Waals surface area contributed by atoms with E-state index >= 15 is 0 Å². The van der Waals surface area contributed by atoms with Gasteiger partial charge in [0.15, 0.2) is 19.7 Å². The van der Waals surface area contributed by atoms with E-state index in [1.54, 1.807) is 0 Å². The lowest BCUT2D eigenvalue weighted by atomic mass is 10.6. The van der Waals surface area contributed by atoms with Crippen LogP contribution in [0.1, 0.15) is 27.7 Å². The van der Waals surface area contributed by atoms with Gasteiger partial charge in [0.1, 0.15) is 0 Å². The molecule has 0 aromatic rings. The predicted molar refractivity (Wildman–Crippen MR) is 57.3 cm³/mol. The van der Waals surface area contributed by atoms with Gasteiger partial charge in [-0.2, -0.15) is 0 Å². The molecule has 0 saturated carbocycles. The maximum Gasteiger partial charge on any atom is 0.174 e. The van der Waals surface area contributed by atoms with Crippen molar-refractivity contribution in [2.45, 2.75) is 38.2 Å². The zero-order valence-corrected chi connectivity index (χ0v) is 10.4. The summed E-state index contributed by atoms with van der Waals surface area (Å²) < 4.78 is 45.0. The van der Waals surface area contributed by atoms with Gasteiger partial charge in [-0.3, -0.25) is 0 Å². The zero-order valence-electron chi connectivity index (χ0n) is 8.76. The first kappa shape index (κ1) is 13.6. The van der Waals surface area contributed by atoms with Crippen LogP contribution in [-0.4, -0.2) is 27.3 Å². The minimum atomic E-state index is -3.42. The molecule has 84 valence electrons. The van der Waals surface area contributed by atoms with Gasteiger partial charge in [-0.05, 0) is 27.7 Å². The van der Waals surface area contributed by atoms with Gasteiger partial charge >= 0.3 is 0 Å². The van der Waals surface area contributed by atoms with Crippen molar-refractivity contribution in [1.82, 2.24) is 0 Å². The summed E-state index contributed by atoms with van der Waals surface area (Å²) in [7, 11) is -6.85. The highest BCUT2D eigenvalue weighted by Gasteiger charge is 2.16. The van der Waals surface area contributed by atoms with Crippen LogP contribution in [0.4, 0.5) is 0 Å². The molecule has 0 aromatic heterocycles. The number of hydrogen-bond acceptors (Lipinski definition) is 4. The van der Waals surface area contributed by atoms with Gasteiger partial charge in [0.25, 0.3) is 0 Å². The molecule has 0 spiro atoms. The highest BCUT2D eigenvalue weighted by Crippen LogP contribution is 2.07. The Hall–Kier alpha value is -0.360. The fraction of sp³-hybridized carbons (Fsp3) is 0.750. The predicted octanol–water partition coefficient (Wildman–Crippen LogP) is 1.10. The first-order valence-corrected chi connectivity index (χ1v) is 7.47. The molecule has 0 fully saturated rings.